The zero-order chi connectivity index (χ0) is 12.5. The van der Waals surface area contributed by atoms with E-state index in [-0.39, 0.29) is 12.3 Å². The van der Waals surface area contributed by atoms with Crippen LogP contribution in [0.15, 0.2) is 52.2 Å². The van der Waals surface area contributed by atoms with Gasteiger partial charge in [-0.2, -0.15) is 10.1 Å². The molecule has 0 N–H and O–H groups in total. The lowest BCUT2D eigenvalue weighted by Gasteiger charge is -2.12. The molecule has 90 valence electrons. The first kappa shape index (κ1) is 11.0. The Morgan fingerprint density at radius 3 is 2.78 bits per heavy atom. The lowest BCUT2D eigenvalue weighted by Crippen LogP contribution is -2.19. The Labute approximate surface area is 108 Å². The third-order valence-corrected chi connectivity index (χ3v) is 2.98. The predicted molar refractivity (Wildman–Crippen MR) is 68.8 cm³/mol. The third-order valence-electron chi connectivity index (χ3n) is 2.66. The maximum atomic E-state index is 11.9. The van der Waals surface area contributed by atoms with Gasteiger partial charge in [-0.15, -0.1) is 0 Å². The van der Waals surface area contributed by atoms with Gasteiger partial charge >= 0.3 is 0 Å². The molecule has 0 bridgehead atoms. The minimum atomic E-state index is -0.116. The maximum Gasteiger partial charge on any atom is 0.253 e. The fourth-order valence-corrected chi connectivity index (χ4v) is 2.04. The van der Waals surface area contributed by atoms with Crippen LogP contribution in [-0.2, 0) is 4.79 Å². The molecule has 0 spiro atoms. The van der Waals surface area contributed by atoms with Crippen molar-refractivity contribution in [3.8, 4) is 0 Å². The summed E-state index contributed by atoms with van der Waals surface area (Å²) in [5.41, 5.74) is 1.20. The maximum absolute atomic E-state index is 11.9. The molecule has 1 amide bonds. The Balaban J connectivity index is 1.99. The van der Waals surface area contributed by atoms with E-state index in [2.05, 4.69) is 5.10 Å². The molecule has 1 aliphatic rings. The highest BCUT2D eigenvalue weighted by Gasteiger charge is 2.28. The lowest BCUT2D eigenvalue weighted by molar-refractivity contribution is -0.116. The van der Waals surface area contributed by atoms with Crippen LogP contribution in [0.3, 0.4) is 0 Å². The van der Waals surface area contributed by atoms with Crippen molar-refractivity contribution in [3.05, 3.63) is 53.4 Å². The van der Waals surface area contributed by atoms with Crippen molar-refractivity contribution in [2.75, 3.05) is 5.01 Å². The summed E-state index contributed by atoms with van der Waals surface area (Å²) in [6.07, 6.45) is 1.78. The number of hydrogen-bond donors (Lipinski definition) is 0. The summed E-state index contributed by atoms with van der Waals surface area (Å²) in [6, 6.07) is 10.7. The van der Waals surface area contributed by atoms with E-state index in [1.165, 1.54) is 5.01 Å². The molecular formula is C13H9ClN2O2. The van der Waals surface area contributed by atoms with Crippen LogP contribution in [-0.4, -0.2) is 11.6 Å². The third kappa shape index (κ3) is 1.80. The van der Waals surface area contributed by atoms with Crippen molar-refractivity contribution in [2.24, 2.45) is 5.10 Å². The van der Waals surface area contributed by atoms with E-state index in [0.717, 1.165) is 0 Å². The van der Waals surface area contributed by atoms with Crippen LogP contribution in [0, 0.1) is 0 Å². The second-order valence-corrected chi connectivity index (χ2v) is 4.26. The van der Waals surface area contributed by atoms with Gasteiger partial charge in [-0.25, -0.2) is 0 Å². The topological polar surface area (TPSA) is 45.8 Å². The van der Waals surface area contributed by atoms with Crippen LogP contribution >= 0.6 is 11.6 Å². The molecule has 1 aliphatic heterocycles. The van der Waals surface area contributed by atoms with Crippen LogP contribution in [0.1, 0.15) is 12.2 Å². The smallest absolute Gasteiger partial charge is 0.253 e. The number of hydrogen-bond acceptors (Lipinski definition) is 3. The number of nitrogens with zero attached hydrogens (tertiary/aromatic N) is 2. The molecule has 0 saturated carbocycles. The molecule has 0 fully saturated rings. The molecule has 1 aromatic heterocycles. The average molecular weight is 261 g/mol. The van der Waals surface area contributed by atoms with Gasteiger partial charge in [-0.05, 0) is 24.3 Å². The SMILES string of the molecule is O=C1CC(c2ccco2)=NN1c1ccccc1Cl. The van der Waals surface area contributed by atoms with Gasteiger partial charge in [-0.1, -0.05) is 23.7 Å². The largest absolute Gasteiger partial charge is 0.463 e. The highest BCUT2D eigenvalue weighted by Crippen LogP contribution is 2.29. The molecule has 0 atom stereocenters. The number of carbonyl (C=O) groups is 1. The number of carbonyl (C=O) groups excluding carboxylic acids is 1. The van der Waals surface area contributed by atoms with E-state index in [0.29, 0.717) is 22.2 Å². The van der Waals surface area contributed by atoms with Gasteiger partial charge < -0.3 is 4.42 Å². The molecule has 2 heterocycles. The summed E-state index contributed by atoms with van der Waals surface area (Å²) in [7, 11) is 0. The van der Waals surface area contributed by atoms with Gasteiger partial charge in [0.25, 0.3) is 5.91 Å². The lowest BCUT2D eigenvalue weighted by atomic mass is 10.2. The van der Waals surface area contributed by atoms with Crippen molar-refractivity contribution in [1.29, 1.82) is 0 Å². The van der Waals surface area contributed by atoms with Gasteiger partial charge in [0.1, 0.15) is 11.5 Å². The number of hydrazone groups is 1. The Morgan fingerprint density at radius 1 is 1.22 bits per heavy atom. The van der Waals surface area contributed by atoms with E-state index >= 15 is 0 Å². The number of para-hydroxylation sites is 1. The molecule has 0 radical (unpaired) electrons. The van der Waals surface area contributed by atoms with Gasteiger partial charge in [0, 0.05) is 0 Å². The summed E-state index contributed by atoms with van der Waals surface area (Å²) in [5, 5.41) is 6.08. The average Bonchev–Trinajstić information content (AvgIpc) is 2.99. The molecule has 5 heteroatoms. The summed E-state index contributed by atoms with van der Waals surface area (Å²) in [5.74, 6) is 0.493. The van der Waals surface area contributed by atoms with Crippen molar-refractivity contribution in [2.45, 2.75) is 6.42 Å². The predicted octanol–water partition coefficient (Wildman–Crippen LogP) is 3.07. The molecule has 0 aliphatic carbocycles. The van der Waals surface area contributed by atoms with Gasteiger partial charge in [0.2, 0.25) is 0 Å². The standard InChI is InChI=1S/C13H9ClN2O2/c14-9-4-1-2-5-11(9)16-13(17)8-10(15-16)12-6-3-7-18-12/h1-7H,8H2. The van der Waals surface area contributed by atoms with Gasteiger partial charge in [0.05, 0.1) is 23.4 Å². The molecule has 18 heavy (non-hydrogen) atoms. The van der Waals surface area contributed by atoms with Gasteiger partial charge in [0.15, 0.2) is 0 Å². The Morgan fingerprint density at radius 2 is 2.06 bits per heavy atom. The van der Waals surface area contributed by atoms with E-state index in [1.807, 2.05) is 12.1 Å². The minimum absolute atomic E-state index is 0.116. The fraction of sp³-hybridized carbons (Fsp3) is 0.0769. The van der Waals surface area contributed by atoms with E-state index in [9.17, 15) is 4.79 Å². The zero-order valence-corrected chi connectivity index (χ0v) is 10.1. The van der Waals surface area contributed by atoms with E-state index < -0.39 is 0 Å². The van der Waals surface area contributed by atoms with Crippen molar-refractivity contribution < 1.29 is 9.21 Å². The number of benzene rings is 1. The first-order chi connectivity index (χ1) is 8.75. The molecule has 0 unspecified atom stereocenters. The van der Waals surface area contributed by atoms with Crippen LogP contribution < -0.4 is 5.01 Å². The van der Waals surface area contributed by atoms with Crippen LogP contribution in [0.4, 0.5) is 5.69 Å². The molecule has 0 saturated heterocycles. The van der Waals surface area contributed by atoms with Crippen molar-refractivity contribution >= 4 is 28.9 Å². The second kappa shape index (κ2) is 4.31. The first-order valence-corrected chi connectivity index (χ1v) is 5.82. The van der Waals surface area contributed by atoms with Gasteiger partial charge in [-0.3, -0.25) is 4.79 Å². The molecular weight excluding hydrogens is 252 g/mol. The number of rotatable bonds is 2. The first-order valence-electron chi connectivity index (χ1n) is 5.44. The molecule has 3 rings (SSSR count). The second-order valence-electron chi connectivity index (χ2n) is 3.86. The quantitative estimate of drug-likeness (QED) is 0.833. The monoisotopic (exact) mass is 260 g/mol. The van der Waals surface area contributed by atoms with E-state index in [4.69, 9.17) is 16.0 Å². The molecule has 2 aromatic rings. The van der Waals surface area contributed by atoms with Crippen LogP contribution in [0.5, 0.6) is 0 Å². The van der Waals surface area contributed by atoms with Crippen molar-refractivity contribution in [3.63, 3.8) is 0 Å². The number of halogens is 1. The van der Waals surface area contributed by atoms with Crippen LogP contribution in [0.25, 0.3) is 0 Å². The number of anilines is 1. The highest BCUT2D eigenvalue weighted by molar-refractivity contribution is 6.34. The summed E-state index contributed by atoms with van der Waals surface area (Å²) in [4.78, 5) is 11.9. The Kier molecular flexibility index (Phi) is 2.64. The zero-order valence-electron chi connectivity index (χ0n) is 9.34. The number of furan rings is 1. The Hall–Kier alpha value is -2.07. The summed E-state index contributed by atoms with van der Waals surface area (Å²) >= 11 is 6.06. The Bertz CT molecular complexity index is 620. The normalized spacial score (nSPS) is 15.1. The molecule has 1 aromatic carbocycles. The summed E-state index contributed by atoms with van der Waals surface area (Å²) < 4.78 is 5.24. The molecule has 4 nitrogen and oxygen atoms in total. The summed E-state index contributed by atoms with van der Waals surface area (Å²) in [6.45, 7) is 0. The fourth-order valence-electron chi connectivity index (χ4n) is 1.82. The van der Waals surface area contributed by atoms with Crippen LogP contribution in [0.2, 0.25) is 5.02 Å². The van der Waals surface area contributed by atoms with Crippen molar-refractivity contribution in [1.82, 2.24) is 0 Å². The minimum Gasteiger partial charge on any atom is -0.463 e. The number of amides is 1. The highest BCUT2D eigenvalue weighted by atomic mass is 35.5. The van der Waals surface area contributed by atoms with E-state index in [1.54, 1.807) is 30.5 Å².